The first-order chi connectivity index (χ1) is 16.7. The molecule has 0 aliphatic carbocycles. The molecular weight excluding hydrogens is 513 g/mol. The Hall–Kier alpha value is -2.10. The van der Waals surface area contributed by atoms with Gasteiger partial charge in [-0.1, -0.05) is 60.3 Å². The van der Waals surface area contributed by atoms with E-state index in [1.54, 1.807) is 0 Å². The van der Waals surface area contributed by atoms with E-state index in [9.17, 15) is 10.4 Å². The average Bonchev–Trinajstić information content (AvgIpc) is 3.58. The predicted octanol–water partition coefficient (Wildman–Crippen LogP) is 8.37. The molecule has 0 bridgehead atoms. The smallest absolute Gasteiger partial charge is 0.279 e. The molecule has 0 saturated carbocycles. The summed E-state index contributed by atoms with van der Waals surface area (Å²) in [6.45, 7) is 7.24. The molecule has 1 aromatic heterocycles. The lowest BCUT2D eigenvalue weighted by molar-refractivity contribution is -0.539. The molecule has 0 fully saturated rings. The van der Waals surface area contributed by atoms with Gasteiger partial charge in [0.25, 0.3) is 10.0 Å². The fourth-order valence-electron chi connectivity index (χ4n) is 3.90. The van der Waals surface area contributed by atoms with Crippen molar-refractivity contribution in [3.05, 3.63) is 102 Å². The molecule has 35 heavy (non-hydrogen) atoms. The molecule has 5 rings (SSSR count). The van der Waals surface area contributed by atoms with Crippen molar-refractivity contribution in [2.45, 2.75) is 43.4 Å². The number of benzene rings is 2. The molecule has 1 unspecified atom stereocenters. The number of hydrogen-bond donors (Lipinski definition) is 0. The Balaban J connectivity index is 1.26. The van der Waals surface area contributed by atoms with E-state index in [0.29, 0.717) is 10.1 Å². The van der Waals surface area contributed by atoms with Crippen LogP contribution in [0.5, 0.6) is 0 Å². The fraction of sp³-hybridized carbons (Fsp3) is 0.259. The average molecular weight is 539 g/mol. The molecule has 0 spiro atoms. The summed E-state index contributed by atoms with van der Waals surface area (Å²) in [6, 6.07) is 16.2. The SMILES string of the molecule is CC1(C)N([O-])C(c2ccc(/C=C\c3ccc(C4=CSC(c5scc[s+]5)S4)cc3)cc2)=[N+]([O-])C1(C)C. The van der Waals surface area contributed by atoms with Gasteiger partial charge in [0.1, 0.15) is 26.4 Å². The quantitative estimate of drug-likeness (QED) is 0.141. The van der Waals surface area contributed by atoms with Gasteiger partial charge < -0.3 is 10.4 Å². The minimum Gasteiger partial charge on any atom is -0.715 e. The van der Waals surface area contributed by atoms with Crippen molar-refractivity contribution in [2.75, 3.05) is 0 Å². The maximum absolute atomic E-state index is 12.9. The maximum Gasteiger partial charge on any atom is 0.279 e. The van der Waals surface area contributed by atoms with Crippen LogP contribution in [0.2, 0.25) is 0 Å². The second-order valence-electron chi connectivity index (χ2n) is 9.50. The highest BCUT2D eigenvalue weighted by Crippen LogP contribution is 2.56. The van der Waals surface area contributed by atoms with Crippen molar-refractivity contribution in [1.29, 1.82) is 0 Å². The van der Waals surface area contributed by atoms with E-state index in [1.807, 2.05) is 104 Å². The van der Waals surface area contributed by atoms with Crippen LogP contribution in [0.25, 0.3) is 17.1 Å². The van der Waals surface area contributed by atoms with Gasteiger partial charge in [0.15, 0.2) is 0 Å². The molecule has 3 heterocycles. The van der Waals surface area contributed by atoms with Gasteiger partial charge in [-0.25, -0.2) is 0 Å². The highest BCUT2D eigenvalue weighted by atomic mass is 32.2. The number of hydroxylamine groups is 3. The molecule has 2 aliphatic rings. The van der Waals surface area contributed by atoms with Gasteiger partial charge >= 0.3 is 0 Å². The molecule has 0 saturated heterocycles. The van der Waals surface area contributed by atoms with E-state index in [1.165, 1.54) is 14.7 Å². The normalized spacial score (nSPS) is 21.2. The van der Waals surface area contributed by atoms with Crippen molar-refractivity contribution in [1.82, 2.24) is 5.06 Å². The summed E-state index contributed by atoms with van der Waals surface area (Å²) in [5.74, 6) is 0.172. The molecule has 2 aliphatic heterocycles. The third-order valence-corrected chi connectivity index (χ3v) is 12.4. The van der Waals surface area contributed by atoms with Crippen LogP contribution in [0.4, 0.5) is 0 Å². The first-order valence-corrected chi connectivity index (χ1v) is 14.8. The number of amidine groups is 1. The summed E-state index contributed by atoms with van der Waals surface area (Å²) >= 11 is 7.47. The van der Waals surface area contributed by atoms with Crippen LogP contribution < -0.4 is 0 Å². The molecule has 2 aromatic carbocycles. The molecule has 0 amide bonds. The Morgan fingerprint density at radius 1 is 0.943 bits per heavy atom. The summed E-state index contributed by atoms with van der Waals surface area (Å²) in [7, 11) is 0. The van der Waals surface area contributed by atoms with Gasteiger partial charge in [-0.15, -0.1) is 11.8 Å². The zero-order valence-corrected chi connectivity index (χ0v) is 23.2. The highest BCUT2D eigenvalue weighted by Gasteiger charge is 2.54. The van der Waals surface area contributed by atoms with Crippen LogP contribution in [0.3, 0.4) is 0 Å². The highest BCUT2D eigenvalue weighted by molar-refractivity contribution is 8.25. The van der Waals surface area contributed by atoms with Gasteiger partial charge in [-0.2, -0.15) is 0 Å². The summed E-state index contributed by atoms with van der Waals surface area (Å²) < 4.78 is 2.77. The number of hydrogen-bond acceptors (Lipinski definition) is 6. The van der Waals surface area contributed by atoms with Crippen LogP contribution in [0.15, 0.2) is 64.7 Å². The van der Waals surface area contributed by atoms with E-state index in [0.717, 1.165) is 20.9 Å². The van der Waals surface area contributed by atoms with Crippen molar-refractivity contribution in [3.63, 3.8) is 0 Å². The summed E-state index contributed by atoms with van der Waals surface area (Å²) in [6.07, 6.45) is 4.12. The van der Waals surface area contributed by atoms with Crippen LogP contribution in [-0.2, 0) is 0 Å². The van der Waals surface area contributed by atoms with E-state index in [4.69, 9.17) is 0 Å². The van der Waals surface area contributed by atoms with E-state index in [-0.39, 0.29) is 5.84 Å². The van der Waals surface area contributed by atoms with Gasteiger partial charge in [0.2, 0.25) is 0 Å². The molecule has 0 radical (unpaired) electrons. The second-order valence-corrected chi connectivity index (χ2v) is 14.1. The van der Waals surface area contributed by atoms with Gasteiger partial charge in [0.05, 0.1) is 28.2 Å². The van der Waals surface area contributed by atoms with E-state index < -0.39 is 11.1 Å². The summed E-state index contributed by atoms with van der Waals surface area (Å²) in [5.41, 5.74) is 2.39. The van der Waals surface area contributed by atoms with Crippen molar-refractivity contribution in [2.24, 2.45) is 0 Å². The molecule has 4 nitrogen and oxygen atoms in total. The molecular formula is C27H26N2O2S4. The number of nitrogens with zero attached hydrogens (tertiary/aromatic N) is 2. The standard InChI is InChI=1S/C27H26N2O2S4/c1-26(2)27(3,4)29(31)23(28(26)30)21-13-9-19(10-14-21)6-5-18-7-11-20(12-8-18)22-17-34-25(35-22)24-32-15-16-33-24/h5-17,25H,1-4H3/b6-5-. The Morgan fingerprint density at radius 2 is 1.54 bits per heavy atom. The monoisotopic (exact) mass is 538 g/mol. The largest absolute Gasteiger partial charge is 0.715 e. The zero-order chi connectivity index (χ0) is 24.8. The minimum absolute atomic E-state index is 0.172. The minimum atomic E-state index is -0.814. The van der Waals surface area contributed by atoms with Gasteiger partial charge in [-0.3, -0.25) is 9.80 Å². The molecule has 3 aromatic rings. The van der Waals surface area contributed by atoms with Crippen molar-refractivity contribution >= 4 is 69.1 Å². The van der Waals surface area contributed by atoms with Gasteiger partial charge in [0, 0.05) is 4.91 Å². The second kappa shape index (κ2) is 9.41. The molecule has 180 valence electrons. The lowest BCUT2D eigenvalue weighted by Crippen LogP contribution is -2.52. The summed E-state index contributed by atoms with van der Waals surface area (Å²) in [4.78, 5) is 1.32. The lowest BCUT2D eigenvalue weighted by Gasteiger charge is -2.39. The first-order valence-electron chi connectivity index (χ1n) is 11.3. The third-order valence-electron chi connectivity index (χ3n) is 6.88. The van der Waals surface area contributed by atoms with Crippen molar-refractivity contribution in [3.8, 4) is 0 Å². The van der Waals surface area contributed by atoms with Gasteiger partial charge in [-0.05, 0) is 61.9 Å². The van der Waals surface area contributed by atoms with E-state index in [2.05, 4.69) is 46.5 Å². The maximum atomic E-state index is 12.9. The number of rotatable bonds is 5. The van der Waals surface area contributed by atoms with E-state index >= 15 is 0 Å². The Morgan fingerprint density at radius 3 is 2.06 bits per heavy atom. The Bertz CT molecular complexity index is 1310. The first kappa shape index (κ1) is 24.6. The lowest BCUT2D eigenvalue weighted by atomic mass is 9.84. The van der Waals surface area contributed by atoms with Crippen LogP contribution in [0.1, 0.15) is 58.7 Å². The fourth-order valence-corrected chi connectivity index (χ4v) is 8.86. The molecule has 0 N–H and O–H groups in total. The Kier molecular flexibility index (Phi) is 6.61. The van der Waals surface area contributed by atoms with Crippen LogP contribution in [0, 0.1) is 10.4 Å². The van der Waals surface area contributed by atoms with Crippen LogP contribution in [-0.4, -0.2) is 26.7 Å². The predicted molar refractivity (Wildman–Crippen MR) is 155 cm³/mol. The summed E-state index contributed by atoms with van der Waals surface area (Å²) in [5, 5.41) is 33.2. The van der Waals surface area contributed by atoms with Crippen LogP contribution >= 0.6 is 46.2 Å². The third kappa shape index (κ3) is 4.47. The molecule has 1 atom stereocenters. The topological polar surface area (TPSA) is 52.4 Å². The molecule has 8 heteroatoms. The van der Waals surface area contributed by atoms with Crippen molar-refractivity contribution < 1.29 is 4.74 Å². The Labute approximate surface area is 222 Å². The zero-order valence-electron chi connectivity index (χ0n) is 19.9. The number of thioether (sulfide) groups is 2.